The predicted octanol–water partition coefficient (Wildman–Crippen LogP) is 4.40. The van der Waals surface area contributed by atoms with Gasteiger partial charge in [0.1, 0.15) is 4.83 Å². The SMILES string of the molecule is Cc1nn(-c2ccccc2)c2sc(C(=O)Nc3cc(Cl)ccc3C(N)=O)cc12. The van der Waals surface area contributed by atoms with Crippen molar-refractivity contribution in [3.63, 3.8) is 0 Å². The fourth-order valence-electron chi connectivity index (χ4n) is 2.92. The first-order valence-electron chi connectivity index (χ1n) is 8.39. The molecular weight excluding hydrogens is 396 g/mol. The number of nitrogens with two attached hydrogens (primary N) is 1. The van der Waals surface area contributed by atoms with Crippen molar-refractivity contribution in [2.75, 3.05) is 5.32 Å². The normalized spacial score (nSPS) is 10.9. The van der Waals surface area contributed by atoms with E-state index in [4.69, 9.17) is 17.3 Å². The van der Waals surface area contributed by atoms with Crippen LogP contribution in [0.4, 0.5) is 5.69 Å². The molecule has 2 aromatic carbocycles. The topological polar surface area (TPSA) is 90.0 Å². The molecule has 0 spiro atoms. The number of anilines is 1. The number of nitrogens with zero attached hydrogens (tertiary/aromatic N) is 2. The summed E-state index contributed by atoms with van der Waals surface area (Å²) in [6.45, 7) is 1.90. The summed E-state index contributed by atoms with van der Waals surface area (Å²) in [5.74, 6) is -0.983. The molecule has 140 valence electrons. The molecule has 0 unspecified atom stereocenters. The van der Waals surface area contributed by atoms with E-state index in [9.17, 15) is 9.59 Å². The summed E-state index contributed by atoms with van der Waals surface area (Å²) in [7, 11) is 0. The van der Waals surface area contributed by atoms with Crippen molar-refractivity contribution in [3.05, 3.63) is 75.8 Å². The predicted molar refractivity (Wildman–Crippen MR) is 112 cm³/mol. The average Bonchev–Trinajstić information content (AvgIpc) is 3.23. The van der Waals surface area contributed by atoms with Gasteiger partial charge in [0.05, 0.1) is 27.5 Å². The molecule has 0 aliphatic carbocycles. The van der Waals surface area contributed by atoms with Crippen molar-refractivity contribution >= 4 is 50.7 Å². The lowest BCUT2D eigenvalue weighted by Crippen LogP contribution is -2.17. The van der Waals surface area contributed by atoms with Crippen molar-refractivity contribution < 1.29 is 9.59 Å². The maximum atomic E-state index is 12.8. The number of hydrogen-bond donors (Lipinski definition) is 2. The van der Waals surface area contributed by atoms with Gasteiger partial charge < -0.3 is 11.1 Å². The van der Waals surface area contributed by atoms with E-state index in [1.807, 2.05) is 41.9 Å². The maximum absolute atomic E-state index is 12.8. The summed E-state index contributed by atoms with van der Waals surface area (Å²) < 4.78 is 1.82. The number of aromatic nitrogens is 2. The molecule has 2 aromatic heterocycles. The van der Waals surface area contributed by atoms with Gasteiger partial charge in [-0.05, 0) is 43.3 Å². The van der Waals surface area contributed by atoms with Gasteiger partial charge in [0.2, 0.25) is 0 Å². The molecule has 4 aromatic rings. The number of primary amides is 1. The first kappa shape index (κ1) is 18.2. The number of hydrogen-bond acceptors (Lipinski definition) is 4. The quantitative estimate of drug-likeness (QED) is 0.522. The van der Waals surface area contributed by atoms with Crippen LogP contribution in [0, 0.1) is 6.92 Å². The molecule has 4 rings (SSSR count). The summed E-state index contributed by atoms with van der Waals surface area (Å²) in [5, 5.41) is 8.60. The summed E-state index contributed by atoms with van der Waals surface area (Å²) in [5.41, 5.74) is 7.61. The first-order valence-corrected chi connectivity index (χ1v) is 9.59. The van der Waals surface area contributed by atoms with Gasteiger partial charge in [-0.15, -0.1) is 11.3 Å². The molecule has 3 N–H and O–H groups in total. The van der Waals surface area contributed by atoms with Crippen molar-refractivity contribution in [1.29, 1.82) is 0 Å². The Morgan fingerprint density at radius 1 is 1.14 bits per heavy atom. The highest BCUT2D eigenvalue weighted by molar-refractivity contribution is 7.20. The van der Waals surface area contributed by atoms with E-state index in [2.05, 4.69) is 10.4 Å². The van der Waals surface area contributed by atoms with Gasteiger partial charge in [-0.2, -0.15) is 5.10 Å². The lowest BCUT2D eigenvalue weighted by atomic mass is 10.1. The first-order chi connectivity index (χ1) is 13.4. The van der Waals surface area contributed by atoms with Crippen molar-refractivity contribution in [2.24, 2.45) is 5.73 Å². The molecule has 6 nitrogen and oxygen atoms in total. The van der Waals surface area contributed by atoms with Gasteiger partial charge in [0.15, 0.2) is 0 Å². The minimum absolute atomic E-state index is 0.200. The van der Waals surface area contributed by atoms with Crippen molar-refractivity contribution in [3.8, 4) is 5.69 Å². The third-order valence-corrected chi connectivity index (χ3v) is 5.61. The monoisotopic (exact) mass is 410 g/mol. The van der Waals surface area contributed by atoms with Crippen LogP contribution in [0.3, 0.4) is 0 Å². The Kier molecular flexibility index (Phi) is 4.62. The number of amides is 2. The number of aryl methyl sites for hydroxylation is 1. The molecule has 0 bridgehead atoms. The van der Waals surface area contributed by atoms with Crippen LogP contribution in [0.2, 0.25) is 5.02 Å². The van der Waals surface area contributed by atoms with E-state index >= 15 is 0 Å². The summed E-state index contributed by atoms with van der Waals surface area (Å²) in [6.07, 6.45) is 0. The van der Waals surface area contributed by atoms with E-state index in [1.54, 1.807) is 12.1 Å². The average molecular weight is 411 g/mol. The molecule has 0 atom stereocenters. The summed E-state index contributed by atoms with van der Waals surface area (Å²) >= 11 is 7.32. The Labute approximate surface area is 169 Å². The number of carbonyl (C=O) groups is 2. The van der Waals surface area contributed by atoms with E-state index in [0.29, 0.717) is 9.90 Å². The molecule has 0 saturated carbocycles. The highest BCUT2D eigenvalue weighted by atomic mass is 35.5. The number of fused-ring (bicyclic) bond motifs is 1. The van der Waals surface area contributed by atoms with Crippen LogP contribution in [0.15, 0.2) is 54.6 Å². The Balaban J connectivity index is 1.72. The number of halogens is 1. The lowest BCUT2D eigenvalue weighted by molar-refractivity contribution is 0.100. The zero-order valence-corrected chi connectivity index (χ0v) is 16.3. The van der Waals surface area contributed by atoms with E-state index in [0.717, 1.165) is 21.6 Å². The molecule has 0 saturated heterocycles. The minimum Gasteiger partial charge on any atom is -0.366 e. The number of para-hydroxylation sites is 1. The molecule has 2 heterocycles. The van der Waals surface area contributed by atoms with Gasteiger partial charge in [0, 0.05) is 10.4 Å². The maximum Gasteiger partial charge on any atom is 0.265 e. The van der Waals surface area contributed by atoms with Crippen LogP contribution >= 0.6 is 22.9 Å². The second-order valence-corrected chi connectivity index (χ2v) is 7.64. The third kappa shape index (κ3) is 3.26. The van der Waals surface area contributed by atoms with Gasteiger partial charge >= 0.3 is 0 Å². The zero-order chi connectivity index (χ0) is 19.8. The van der Waals surface area contributed by atoms with E-state index < -0.39 is 5.91 Å². The van der Waals surface area contributed by atoms with E-state index in [1.165, 1.54) is 23.5 Å². The van der Waals surface area contributed by atoms with Crippen LogP contribution in [-0.4, -0.2) is 21.6 Å². The highest BCUT2D eigenvalue weighted by Crippen LogP contribution is 2.31. The van der Waals surface area contributed by atoms with Crippen molar-refractivity contribution in [2.45, 2.75) is 6.92 Å². The molecular formula is C20H15ClN4O2S. The smallest absolute Gasteiger partial charge is 0.265 e. The number of nitrogens with one attached hydrogen (secondary N) is 1. The Morgan fingerprint density at radius 3 is 2.61 bits per heavy atom. The van der Waals surface area contributed by atoms with E-state index in [-0.39, 0.29) is 17.2 Å². The molecule has 8 heteroatoms. The van der Waals surface area contributed by atoms with Crippen LogP contribution < -0.4 is 11.1 Å². The summed E-state index contributed by atoms with van der Waals surface area (Å²) in [6, 6.07) is 16.1. The fraction of sp³-hybridized carbons (Fsp3) is 0.0500. The Hall–Kier alpha value is -3.16. The minimum atomic E-state index is -0.640. The largest absolute Gasteiger partial charge is 0.366 e. The van der Waals surface area contributed by atoms with Crippen LogP contribution in [-0.2, 0) is 0 Å². The second kappa shape index (κ2) is 7.10. The Morgan fingerprint density at radius 2 is 1.89 bits per heavy atom. The fourth-order valence-corrected chi connectivity index (χ4v) is 4.17. The zero-order valence-electron chi connectivity index (χ0n) is 14.8. The molecule has 28 heavy (non-hydrogen) atoms. The van der Waals surface area contributed by atoms with Crippen molar-refractivity contribution in [1.82, 2.24) is 9.78 Å². The summed E-state index contributed by atoms with van der Waals surface area (Å²) in [4.78, 5) is 25.8. The Bertz CT molecular complexity index is 1210. The number of thiophene rings is 1. The number of carbonyl (C=O) groups excluding carboxylic acids is 2. The second-order valence-electron chi connectivity index (χ2n) is 6.17. The van der Waals surface area contributed by atoms with Crippen LogP contribution in [0.25, 0.3) is 15.9 Å². The van der Waals surface area contributed by atoms with Gasteiger partial charge in [-0.1, -0.05) is 29.8 Å². The standard InChI is InChI=1S/C20H15ClN4O2S/c1-11-15-10-17(28-20(15)25(24-11)13-5-3-2-4-6-13)19(27)23-16-9-12(21)7-8-14(16)18(22)26/h2-10H,1H3,(H2,22,26)(H,23,27). The molecule has 0 radical (unpaired) electrons. The lowest BCUT2D eigenvalue weighted by Gasteiger charge is -2.08. The van der Waals surface area contributed by atoms with Gasteiger partial charge in [-0.25, -0.2) is 4.68 Å². The number of benzene rings is 2. The van der Waals surface area contributed by atoms with Gasteiger partial charge in [0.25, 0.3) is 11.8 Å². The highest BCUT2D eigenvalue weighted by Gasteiger charge is 2.19. The van der Waals surface area contributed by atoms with Gasteiger partial charge in [-0.3, -0.25) is 9.59 Å². The molecule has 2 amide bonds. The number of rotatable bonds is 4. The van der Waals surface area contributed by atoms with Crippen LogP contribution in [0.1, 0.15) is 25.7 Å². The molecule has 0 aliphatic heterocycles. The molecule has 0 aliphatic rings. The third-order valence-electron chi connectivity index (χ3n) is 4.26. The van der Waals surface area contributed by atoms with Crippen LogP contribution in [0.5, 0.6) is 0 Å². The molecule has 0 fully saturated rings.